The lowest BCUT2D eigenvalue weighted by Crippen LogP contribution is -2.19. The van der Waals surface area contributed by atoms with Gasteiger partial charge < -0.3 is 14.6 Å². The minimum atomic E-state index is 0.837. The molecule has 0 saturated heterocycles. The van der Waals surface area contributed by atoms with Crippen LogP contribution in [0, 0.1) is 0 Å². The lowest BCUT2D eigenvalue weighted by Gasteiger charge is -2.22. The molecule has 1 N–H and O–H groups in total. The van der Waals surface area contributed by atoms with E-state index in [1.165, 1.54) is 16.8 Å². The van der Waals surface area contributed by atoms with Crippen molar-refractivity contribution in [3.63, 3.8) is 0 Å². The van der Waals surface area contributed by atoms with E-state index >= 15 is 0 Å². The predicted molar refractivity (Wildman–Crippen MR) is 77.7 cm³/mol. The van der Waals surface area contributed by atoms with Crippen LogP contribution in [0.25, 0.3) is 0 Å². The molecule has 1 aromatic carbocycles. The van der Waals surface area contributed by atoms with E-state index in [0.29, 0.717) is 0 Å². The van der Waals surface area contributed by atoms with Gasteiger partial charge in [-0.05, 0) is 30.8 Å². The number of anilines is 1. The highest BCUT2D eigenvalue weighted by Gasteiger charge is 2.09. The van der Waals surface area contributed by atoms with Gasteiger partial charge in [0.15, 0.2) is 0 Å². The Hall–Kier alpha value is -1.26. The molecule has 2 rings (SSSR count). The maximum atomic E-state index is 5.10. The normalized spacial score (nSPS) is 10.6. The minimum absolute atomic E-state index is 0.837. The highest BCUT2D eigenvalue weighted by atomic mass is 79.9. The zero-order valence-electron chi connectivity index (χ0n) is 10.6. The van der Waals surface area contributed by atoms with Crippen molar-refractivity contribution >= 4 is 21.6 Å². The highest BCUT2D eigenvalue weighted by Crippen LogP contribution is 2.25. The summed E-state index contributed by atoms with van der Waals surface area (Å²) < 4.78 is 6.20. The molecule has 0 saturated carbocycles. The summed E-state index contributed by atoms with van der Waals surface area (Å²) >= 11 is 3.53. The highest BCUT2D eigenvalue weighted by molar-refractivity contribution is 9.10. The lowest BCUT2D eigenvalue weighted by molar-refractivity contribution is 0.563. The van der Waals surface area contributed by atoms with Crippen LogP contribution in [-0.2, 0) is 13.1 Å². The Labute approximate surface area is 116 Å². The fourth-order valence-electron chi connectivity index (χ4n) is 1.97. The first kappa shape index (κ1) is 13.2. The van der Waals surface area contributed by atoms with Crippen molar-refractivity contribution in [2.45, 2.75) is 13.1 Å². The van der Waals surface area contributed by atoms with E-state index in [0.717, 1.165) is 17.6 Å². The Morgan fingerprint density at radius 1 is 1.33 bits per heavy atom. The Morgan fingerprint density at radius 3 is 2.83 bits per heavy atom. The number of hydrogen-bond donors (Lipinski definition) is 1. The summed E-state index contributed by atoms with van der Waals surface area (Å²) in [5.74, 6) is 0. The molecular formula is C14H17BrN2O. The largest absolute Gasteiger partial charge is 0.472 e. The summed E-state index contributed by atoms with van der Waals surface area (Å²) in [6, 6.07) is 8.35. The van der Waals surface area contributed by atoms with Crippen LogP contribution in [0.15, 0.2) is 45.7 Å². The molecular weight excluding hydrogens is 292 g/mol. The number of nitrogens with zero attached hydrogens (tertiary/aromatic N) is 1. The molecule has 2 aromatic rings. The van der Waals surface area contributed by atoms with Crippen molar-refractivity contribution in [2.24, 2.45) is 0 Å². The van der Waals surface area contributed by atoms with Gasteiger partial charge in [0, 0.05) is 35.9 Å². The zero-order chi connectivity index (χ0) is 13.0. The number of rotatable bonds is 5. The molecule has 0 aliphatic rings. The Kier molecular flexibility index (Phi) is 4.44. The second-order valence-electron chi connectivity index (χ2n) is 4.29. The standard InChI is InChI=1S/C14H17BrN2O/c1-16-8-12-3-4-13(15)7-14(12)17(2)9-11-5-6-18-10-11/h3-7,10,16H,8-9H2,1-2H3. The molecule has 0 aliphatic carbocycles. The first-order valence-corrected chi connectivity index (χ1v) is 6.65. The second kappa shape index (κ2) is 6.07. The van der Waals surface area contributed by atoms with Crippen LogP contribution in [0.4, 0.5) is 5.69 Å². The first-order valence-electron chi connectivity index (χ1n) is 5.86. The van der Waals surface area contributed by atoms with Gasteiger partial charge in [0.25, 0.3) is 0 Å². The number of furan rings is 1. The topological polar surface area (TPSA) is 28.4 Å². The van der Waals surface area contributed by atoms with Crippen LogP contribution < -0.4 is 10.2 Å². The van der Waals surface area contributed by atoms with Gasteiger partial charge >= 0.3 is 0 Å². The van der Waals surface area contributed by atoms with E-state index in [1.807, 2.05) is 13.1 Å². The molecule has 18 heavy (non-hydrogen) atoms. The third kappa shape index (κ3) is 3.15. The summed E-state index contributed by atoms with van der Waals surface area (Å²) in [5, 5.41) is 3.20. The SMILES string of the molecule is CNCc1ccc(Br)cc1N(C)Cc1ccoc1. The molecule has 96 valence electrons. The van der Waals surface area contributed by atoms with Gasteiger partial charge in [0.2, 0.25) is 0 Å². The number of benzene rings is 1. The molecule has 3 nitrogen and oxygen atoms in total. The number of nitrogens with one attached hydrogen (secondary N) is 1. The smallest absolute Gasteiger partial charge is 0.0952 e. The van der Waals surface area contributed by atoms with Gasteiger partial charge in [0.1, 0.15) is 0 Å². The van der Waals surface area contributed by atoms with Crippen LogP contribution in [-0.4, -0.2) is 14.1 Å². The molecule has 0 fully saturated rings. The van der Waals surface area contributed by atoms with Crippen molar-refractivity contribution in [2.75, 3.05) is 19.0 Å². The molecule has 0 bridgehead atoms. The number of hydrogen-bond acceptors (Lipinski definition) is 3. The minimum Gasteiger partial charge on any atom is -0.472 e. The van der Waals surface area contributed by atoms with Gasteiger partial charge in [-0.1, -0.05) is 22.0 Å². The Bertz CT molecular complexity index is 497. The average Bonchev–Trinajstić information content (AvgIpc) is 2.84. The number of halogens is 1. The fraction of sp³-hybridized carbons (Fsp3) is 0.286. The molecule has 0 atom stereocenters. The Balaban J connectivity index is 2.22. The molecule has 4 heteroatoms. The van der Waals surface area contributed by atoms with Crippen LogP contribution in [0.3, 0.4) is 0 Å². The van der Waals surface area contributed by atoms with Gasteiger partial charge in [-0.15, -0.1) is 0 Å². The van der Waals surface area contributed by atoms with Crippen molar-refractivity contribution in [3.8, 4) is 0 Å². The van der Waals surface area contributed by atoms with Crippen LogP contribution in [0.5, 0.6) is 0 Å². The first-order chi connectivity index (χ1) is 8.70. The lowest BCUT2D eigenvalue weighted by atomic mass is 10.1. The van der Waals surface area contributed by atoms with Crippen molar-refractivity contribution in [3.05, 3.63) is 52.4 Å². The van der Waals surface area contributed by atoms with E-state index < -0.39 is 0 Å². The molecule has 0 amide bonds. The molecule has 0 radical (unpaired) electrons. The van der Waals surface area contributed by atoms with Crippen molar-refractivity contribution in [1.29, 1.82) is 0 Å². The summed E-state index contributed by atoms with van der Waals surface area (Å²) in [5.41, 5.74) is 3.68. The maximum Gasteiger partial charge on any atom is 0.0952 e. The van der Waals surface area contributed by atoms with Gasteiger partial charge in [-0.25, -0.2) is 0 Å². The molecule has 0 aliphatic heterocycles. The zero-order valence-corrected chi connectivity index (χ0v) is 12.2. The quantitative estimate of drug-likeness (QED) is 0.917. The summed E-state index contributed by atoms with van der Waals surface area (Å²) in [7, 11) is 4.05. The Morgan fingerprint density at radius 2 is 2.17 bits per heavy atom. The predicted octanol–water partition coefficient (Wildman–Crippen LogP) is 3.40. The third-order valence-electron chi connectivity index (χ3n) is 2.83. The van der Waals surface area contributed by atoms with Gasteiger partial charge in [-0.2, -0.15) is 0 Å². The third-order valence-corrected chi connectivity index (χ3v) is 3.32. The fourth-order valence-corrected chi connectivity index (χ4v) is 2.32. The van der Waals surface area contributed by atoms with E-state index in [2.05, 4.69) is 51.4 Å². The van der Waals surface area contributed by atoms with Crippen molar-refractivity contribution in [1.82, 2.24) is 5.32 Å². The van der Waals surface area contributed by atoms with E-state index in [4.69, 9.17) is 4.42 Å². The van der Waals surface area contributed by atoms with Crippen LogP contribution in [0.1, 0.15) is 11.1 Å². The van der Waals surface area contributed by atoms with Gasteiger partial charge in [0.05, 0.1) is 12.5 Å². The molecule has 1 aromatic heterocycles. The average molecular weight is 309 g/mol. The van der Waals surface area contributed by atoms with Gasteiger partial charge in [-0.3, -0.25) is 0 Å². The van der Waals surface area contributed by atoms with Crippen LogP contribution >= 0.6 is 15.9 Å². The summed E-state index contributed by atoms with van der Waals surface area (Å²) in [6.07, 6.45) is 3.49. The summed E-state index contributed by atoms with van der Waals surface area (Å²) in [6.45, 7) is 1.70. The van der Waals surface area contributed by atoms with E-state index in [1.54, 1.807) is 12.5 Å². The van der Waals surface area contributed by atoms with Crippen LogP contribution in [0.2, 0.25) is 0 Å². The van der Waals surface area contributed by atoms with Crippen molar-refractivity contribution < 1.29 is 4.42 Å². The maximum absolute atomic E-state index is 5.10. The monoisotopic (exact) mass is 308 g/mol. The molecule has 1 heterocycles. The summed E-state index contributed by atoms with van der Waals surface area (Å²) in [4.78, 5) is 2.22. The second-order valence-corrected chi connectivity index (χ2v) is 5.21. The van der Waals surface area contributed by atoms with E-state index in [-0.39, 0.29) is 0 Å². The molecule has 0 spiro atoms. The molecule has 0 unspecified atom stereocenters. The van der Waals surface area contributed by atoms with E-state index in [9.17, 15) is 0 Å².